The Hall–Kier alpha value is -3.88. The molecule has 9 heteroatoms. The first-order valence-electron chi connectivity index (χ1n) is 9.49. The molecule has 9 nitrogen and oxygen atoms in total. The molecule has 2 amide bonds. The van der Waals surface area contributed by atoms with Crippen molar-refractivity contribution in [1.29, 1.82) is 0 Å². The zero-order valence-electron chi connectivity index (χ0n) is 17.1. The predicted octanol–water partition coefficient (Wildman–Crippen LogP) is 2.77. The lowest BCUT2D eigenvalue weighted by molar-refractivity contribution is -0.116. The number of rotatable bonds is 7. The van der Waals surface area contributed by atoms with Crippen molar-refractivity contribution < 1.29 is 14.3 Å². The number of nitrogens with zero attached hydrogens (tertiary/aromatic N) is 3. The number of nitrogens with two attached hydrogens (primary N) is 1. The highest BCUT2D eigenvalue weighted by atomic mass is 16.5. The Morgan fingerprint density at radius 3 is 2.47 bits per heavy atom. The number of hydrogen-bond acceptors (Lipinski definition) is 6. The van der Waals surface area contributed by atoms with E-state index in [9.17, 15) is 9.59 Å². The Morgan fingerprint density at radius 2 is 1.77 bits per heavy atom. The smallest absolute Gasteiger partial charge is 0.280 e. The summed E-state index contributed by atoms with van der Waals surface area (Å²) in [5, 5.41) is 13.3. The minimum Gasteiger partial charge on any atom is -0.492 e. The monoisotopic (exact) mass is 408 g/mol. The normalized spacial score (nSPS) is 10.5. The molecule has 3 rings (SSSR count). The quantitative estimate of drug-likeness (QED) is 0.552. The second-order valence-corrected chi connectivity index (χ2v) is 6.68. The lowest BCUT2D eigenvalue weighted by atomic mass is 10.1. The number of aromatic nitrogens is 3. The molecule has 156 valence electrons. The Morgan fingerprint density at radius 1 is 1.07 bits per heavy atom. The number of anilines is 3. The van der Waals surface area contributed by atoms with Crippen LogP contribution in [0.5, 0.6) is 5.75 Å². The average molecular weight is 408 g/mol. The van der Waals surface area contributed by atoms with Gasteiger partial charge in [-0.1, -0.05) is 35.5 Å². The van der Waals surface area contributed by atoms with Gasteiger partial charge in [-0.25, -0.2) is 4.68 Å². The highest BCUT2D eigenvalue weighted by molar-refractivity contribution is 6.06. The number of para-hydroxylation sites is 3. The van der Waals surface area contributed by atoms with Crippen molar-refractivity contribution in [2.75, 3.05) is 23.0 Å². The van der Waals surface area contributed by atoms with E-state index in [0.29, 0.717) is 18.0 Å². The highest BCUT2D eigenvalue weighted by Gasteiger charge is 2.20. The minimum absolute atomic E-state index is 0.00181. The van der Waals surface area contributed by atoms with Gasteiger partial charge in [0.1, 0.15) is 12.3 Å². The summed E-state index contributed by atoms with van der Waals surface area (Å²) in [6, 6.07) is 12.8. The van der Waals surface area contributed by atoms with Crippen molar-refractivity contribution in [2.24, 2.45) is 0 Å². The lowest BCUT2D eigenvalue weighted by Gasteiger charge is -2.12. The molecule has 0 radical (unpaired) electrons. The van der Waals surface area contributed by atoms with Gasteiger partial charge in [-0.15, -0.1) is 5.10 Å². The van der Waals surface area contributed by atoms with Gasteiger partial charge in [0.05, 0.1) is 12.3 Å². The van der Waals surface area contributed by atoms with Gasteiger partial charge in [-0.3, -0.25) is 9.59 Å². The largest absolute Gasteiger partial charge is 0.492 e. The molecule has 1 heterocycles. The number of aryl methyl sites for hydroxylation is 2. The molecule has 0 fully saturated rings. The molecule has 30 heavy (non-hydrogen) atoms. The molecule has 0 saturated carbocycles. The molecule has 0 aliphatic heterocycles. The maximum atomic E-state index is 12.6. The number of benzene rings is 2. The third kappa shape index (κ3) is 4.57. The van der Waals surface area contributed by atoms with Crippen LogP contribution in [0.2, 0.25) is 0 Å². The molecule has 0 saturated heterocycles. The van der Waals surface area contributed by atoms with E-state index < -0.39 is 5.91 Å². The van der Waals surface area contributed by atoms with E-state index in [1.54, 1.807) is 24.3 Å². The van der Waals surface area contributed by atoms with E-state index in [2.05, 4.69) is 20.9 Å². The van der Waals surface area contributed by atoms with Gasteiger partial charge in [0, 0.05) is 5.69 Å². The fourth-order valence-electron chi connectivity index (χ4n) is 2.96. The fraction of sp³-hybridized carbons (Fsp3) is 0.238. The molecular weight excluding hydrogens is 384 g/mol. The van der Waals surface area contributed by atoms with Gasteiger partial charge in [-0.05, 0) is 44.0 Å². The van der Waals surface area contributed by atoms with Gasteiger partial charge >= 0.3 is 0 Å². The Kier molecular flexibility index (Phi) is 6.31. The number of carbonyl (C=O) groups excluding carboxylic acids is 2. The molecule has 1 aromatic heterocycles. The third-order valence-electron chi connectivity index (χ3n) is 4.46. The number of amides is 2. The van der Waals surface area contributed by atoms with Crippen LogP contribution in [0.15, 0.2) is 42.5 Å². The molecule has 0 aliphatic carbocycles. The van der Waals surface area contributed by atoms with Crippen LogP contribution >= 0.6 is 0 Å². The van der Waals surface area contributed by atoms with Crippen LogP contribution in [0.25, 0.3) is 0 Å². The van der Waals surface area contributed by atoms with Crippen molar-refractivity contribution >= 4 is 29.0 Å². The molecular formula is C21H24N6O3. The zero-order valence-corrected chi connectivity index (χ0v) is 17.1. The van der Waals surface area contributed by atoms with E-state index in [-0.39, 0.29) is 24.0 Å². The average Bonchev–Trinajstić information content (AvgIpc) is 3.07. The highest BCUT2D eigenvalue weighted by Crippen LogP contribution is 2.25. The van der Waals surface area contributed by atoms with E-state index in [4.69, 9.17) is 10.5 Å². The molecule has 0 bridgehead atoms. The Labute approximate surface area is 174 Å². The summed E-state index contributed by atoms with van der Waals surface area (Å²) in [6.07, 6.45) is 0. The van der Waals surface area contributed by atoms with Crippen LogP contribution in [0.4, 0.5) is 17.2 Å². The number of nitrogen functional groups attached to an aromatic ring is 1. The van der Waals surface area contributed by atoms with Gasteiger partial charge in [0.15, 0.2) is 11.5 Å². The van der Waals surface area contributed by atoms with E-state index in [1.807, 2.05) is 39.0 Å². The van der Waals surface area contributed by atoms with Crippen molar-refractivity contribution in [1.82, 2.24) is 15.0 Å². The maximum Gasteiger partial charge on any atom is 0.280 e. The van der Waals surface area contributed by atoms with Crippen LogP contribution in [0.1, 0.15) is 28.5 Å². The van der Waals surface area contributed by atoms with E-state index in [0.717, 1.165) is 16.8 Å². The second-order valence-electron chi connectivity index (χ2n) is 6.68. The number of nitrogens with one attached hydrogen (secondary N) is 2. The van der Waals surface area contributed by atoms with Gasteiger partial charge in [0.25, 0.3) is 5.91 Å². The molecule has 4 N–H and O–H groups in total. The second kappa shape index (κ2) is 9.08. The summed E-state index contributed by atoms with van der Waals surface area (Å²) in [6.45, 7) is 5.96. The number of hydrogen-bond donors (Lipinski definition) is 3. The number of carbonyl (C=O) groups is 2. The summed E-state index contributed by atoms with van der Waals surface area (Å²) >= 11 is 0. The first-order valence-corrected chi connectivity index (χ1v) is 9.49. The number of ether oxygens (including phenoxy) is 1. The SMILES string of the molecule is CCOc1ccccc1NC(=O)c1nnn(CC(=O)Nc2c(C)cccc2C)c1N. The van der Waals surface area contributed by atoms with Gasteiger partial charge < -0.3 is 21.1 Å². The molecule has 0 atom stereocenters. The molecule has 2 aromatic carbocycles. The first kappa shape index (κ1) is 20.8. The van der Waals surface area contributed by atoms with E-state index >= 15 is 0 Å². The van der Waals surface area contributed by atoms with Crippen LogP contribution in [-0.2, 0) is 11.3 Å². The third-order valence-corrected chi connectivity index (χ3v) is 4.46. The standard InChI is InChI=1S/C21H24N6O3/c1-4-30-16-11-6-5-10-15(16)23-21(29)19-20(22)27(26-25-19)12-17(28)24-18-13(2)8-7-9-14(18)3/h5-11H,4,12,22H2,1-3H3,(H,23,29)(H,24,28). The van der Waals surface area contributed by atoms with Crippen molar-refractivity contribution in [3.05, 3.63) is 59.3 Å². The van der Waals surface area contributed by atoms with Crippen molar-refractivity contribution in [3.63, 3.8) is 0 Å². The van der Waals surface area contributed by atoms with E-state index in [1.165, 1.54) is 4.68 Å². The van der Waals surface area contributed by atoms with Crippen molar-refractivity contribution in [3.8, 4) is 5.75 Å². The Balaban J connectivity index is 1.71. The topological polar surface area (TPSA) is 124 Å². The maximum absolute atomic E-state index is 12.6. The summed E-state index contributed by atoms with van der Waals surface area (Å²) < 4.78 is 6.68. The predicted molar refractivity (Wildman–Crippen MR) is 115 cm³/mol. The van der Waals surface area contributed by atoms with Crippen LogP contribution < -0.4 is 21.1 Å². The molecule has 0 unspecified atom stereocenters. The van der Waals surface area contributed by atoms with Gasteiger partial charge in [0.2, 0.25) is 5.91 Å². The van der Waals surface area contributed by atoms with Crippen LogP contribution in [0, 0.1) is 13.8 Å². The Bertz CT molecular complexity index is 1060. The summed E-state index contributed by atoms with van der Waals surface area (Å²) in [5.41, 5.74) is 9.08. The summed E-state index contributed by atoms with van der Waals surface area (Å²) in [5.74, 6) is -0.330. The molecule has 3 aromatic rings. The molecule has 0 aliphatic rings. The summed E-state index contributed by atoms with van der Waals surface area (Å²) in [7, 11) is 0. The molecule has 0 spiro atoms. The minimum atomic E-state index is -0.541. The van der Waals surface area contributed by atoms with Crippen LogP contribution in [-0.4, -0.2) is 33.4 Å². The first-order chi connectivity index (χ1) is 14.4. The van der Waals surface area contributed by atoms with Crippen molar-refractivity contribution in [2.45, 2.75) is 27.3 Å². The lowest BCUT2D eigenvalue weighted by Crippen LogP contribution is -2.22. The van der Waals surface area contributed by atoms with Crippen LogP contribution in [0.3, 0.4) is 0 Å². The van der Waals surface area contributed by atoms with Gasteiger partial charge in [-0.2, -0.15) is 0 Å². The fourth-order valence-corrected chi connectivity index (χ4v) is 2.96. The summed E-state index contributed by atoms with van der Waals surface area (Å²) in [4.78, 5) is 25.1. The zero-order chi connectivity index (χ0) is 21.7.